The fraction of sp³-hybridized carbons (Fsp3) is 0.625. The Morgan fingerprint density at radius 1 is 1.15 bits per heavy atom. The lowest BCUT2D eigenvalue weighted by Crippen LogP contribution is -2.36. The van der Waals surface area contributed by atoms with E-state index in [4.69, 9.17) is 9.47 Å². The van der Waals surface area contributed by atoms with Crippen LogP contribution in [0.2, 0.25) is 0 Å². The van der Waals surface area contributed by atoms with Crippen molar-refractivity contribution in [1.29, 1.82) is 0 Å². The van der Waals surface area contributed by atoms with Crippen molar-refractivity contribution in [2.24, 2.45) is 0 Å². The first-order chi connectivity index (χ1) is 9.74. The molecule has 0 aromatic heterocycles. The van der Waals surface area contributed by atoms with Gasteiger partial charge in [0.25, 0.3) is 0 Å². The highest BCUT2D eigenvalue weighted by Crippen LogP contribution is 2.32. The molecule has 1 aliphatic carbocycles. The summed E-state index contributed by atoms with van der Waals surface area (Å²) >= 11 is 0. The second kappa shape index (κ2) is 7.39. The van der Waals surface area contributed by atoms with Crippen molar-refractivity contribution >= 4 is 5.69 Å². The molecule has 0 saturated heterocycles. The van der Waals surface area contributed by atoms with E-state index < -0.39 is 0 Å². The number of ether oxygens (including phenoxy) is 2. The van der Waals surface area contributed by atoms with Gasteiger partial charge in [0.1, 0.15) is 11.5 Å². The number of benzene rings is 1. The van der Waals surface area contributed by atoms with Crippen LogP contribution < -0.4 is 14.8 Å². The van der Waals surface area contributed by atoms with Gasteiger partial charge in [0.15, 0.2) is 0 Å². The summed E-state index contributed by atoms with van der Waals surface area (Å²) in [6.45, 7) is 5.19. The molecule has 0 unspecified atom stereocenters. The van der Waals surface area contributed by atoms with Gasteiger partial charge in [-0.05, 0) is 38.8 Å². The van der Waals surface area contributed by atoms with E-state index in [9.17, 15) is 5.11 Å². The Morgan fingerprint density at radius 3 is 2.60 bits per heavy atom. The summed E-state index contributed by atoms with van der Waals surface area (Å²) < 4.78 is 11.2. The fourth-order valence-corrected chi connectivity index (χ4v) is 2.64. The first-order valence-corrected chi connectivity index (χ1v) is 7.58. The molecule has 2 atom stereocenters. The highest BCUT2D eigenvalue weighted by molar-refractivity contribution is 5.60. The van der Waals surface area contributed by atoms with Crippen LogP contribution in [0.15, 0.2) is 18.2 Å². The second-order valence-corrected chi connectivity index (χ2v) is 5.13. The molecular formula is C16H25NO3. The van der Waals surface area contributed by atoms with E-state index in [0.717, 1.165) is 42.9 Å². The van der Waals surface area contributed by atoms with Gasteiger partial charge in [-0.3, -0.25) is 0 Å². The molecular weight excluding hydrogens is 254 g/mol. The zero-order valence-electron chi connectivity index (χ0n) is 12.4. The Balaban J connectivity index is 2.15. The molecule has 0 aliphatic heterocycles. The maximum atomic E-state index is 10.1. The third-order valence-electron chi connectivity index (χ3n) is 3.63. The van der Waals surface area contributed by atoms with Crippen molar-refractivity contribution in [3.8, 4) is 11.5 Å². The van der Waals surface area contributed by atoms with Gasteiger partial charge in [-0.15, -0.1) is 0 Å². The number of hydrogen-bond donors (Lipinski definition) is 2. The predicted octanol–water partition coefficient (Wildman–Crippen LogP) is 3.20. The van der Waals surface area contributed by atoms with Crippen LogP contribution in [-0.2, 0) is 0 Å². The smallest absolute Gasteiger partial charge is 0.142 e. The Morgan fingerprint density at radius 2 is 1.90 bits per heavy atom. The Labute approximate surface area is 121 Å². The lowest BCUT2D eigenvalue weighted by atomic mass is 9.92. The van der Waals surface area contributed by atoms with Crippen LogP contribution >= 0.6 is 0 Å². The largest absolute Gasteiger partial charge is 0.494 e. The van der Waals surface area contributed by atoms with Gasteiger partial charge in [0.2, 0.25) is 0 Å². The number of aliphatic hydroxyl groups excluding tert-OH is 1. The number of anilines is 1. The van der Waals surface area contributed by atoms with E-state index in [-0.39, 0.29) is 12.1 Å². The van der Waals surface area contributed by atoms with Gasteiger partial charge in [-0.25, -0.2) is 0 Å². The molecule has 20 heavy (non-hydrogen) atoms. The third-order valence-corrected chi connectivity index (χ3v) is 3.63. The molecule has 1 aromatic rings. The first kappa shape index (κ1) is 15.0. The summed E-state index contributed by atoms with van der Waals surface area (Å²) in [4.78, 5) is 0. The summed E-state index contributed by atoms with van der Waals surface area (Å²) in [6, 6.07) is 5.89. The van der Waals surface area contributed by atoms with Crippen LogP contribution in [-0.4, -0.2) is 30.5 Å². The molecule has 1 saturated carbocycles. The molecule has 1 fully saturated rings. The van der Waals surface area contributed by atoms with Crippen molar-refractivity contribution in [3.63, 3.8) is 0 Å². The molecule has 2 rings (SSSR count). The van der Waals surface area contributed by atoms with Gasteiger partial charge in [-0.2, -0.15) is 0 Å². The van der Waals surface area contributed by atoms with Crippen molar-refractivity contribution in [2.45, 2.75) is 51.7 Å². The zero-order chi connectivity index (χ0) is 14.4. The number of hydrogen-bond acceptors (Lipinski definition) is 4. The van der Waals surface area contributed by atoms with Crippen LogP contribution in [0, 0.1) is 0 Å². The van der Waals surface area contributed by atoms with Gasteiger partial charge in [0, 0.05) is 6.07 Å². The molecule has 112 valence electrons. The van der Waals surface area contributed by atoms with Gasteiger partial charge < -0.3 is 19.9 Å². The van der Waals surface area contributed by atoms with Crippen molar-refractivity contribution in [3.05, 3.63) is 18.2 Å². The summed E-state index contributed by atoms with van der Waals surface area (Å²) in [7, 11) is 0. The van der Waals surface area contributed by atoms with Gasteiger partial charge in [0.05, 0.1) is 31.0 Å². The molecule has 4 heteroatoms. The van der Waals surface area contributed by atoms with Crippen LogP contribution in [0.5, 0.6) is 11.5 Å². The summed E-state index contributed by atoms with van der Waals surface area (Å²) in [5.74, 6) is 1.64. The Hall–Kier alpha value is -1.42. The summed E-state index contributed by atoms with van der Waals surface area (Å²) in [6.07, 6.45) is 3.84. The van der Waals surface area contributed by atoms with Crippen molar-refractivity contribution in [2.75, 3.05) is 18.5 Å². The van der Waals surface area contributed by atoms with Crippen molar-refractivity contribution < 1.29 is 14.6 Å². The average Bonchev–Trinajstić information content (AvgIpc) is 2.45. The monoisotopic (exact) mass is 279 g/mol. The van der Waals surface area contributed by atoms with Crippen LogP contribution in [0.1, 0.15) is 39.5 Å². The molecule has 0 radical (unpaired) electrons. The minimum absolute atomic E-state index is 0.0971. The molecule has 0 spiro atoms. The molecule has 4 nitrogen and oxygen atoms in total. The Bertz CT molecular complexity index is 422. The molecule has 1 aromatic carbocycles. The topological polar surface area (TPSA) is 50.7 Å². The SMILES string of the molecule is CCOc1ccc(OCC)c(N[C@@H]2CCCC[C@H]2O)c1. The van der Waals surface area contributed by atoms with Gasteiger partial charge in [-0.1, -0.05) is 12.8 Å². The highest BCUT2D eigenvalue weighted by Gasteiger charge is 2.23. The Kier molecular flexibility index (Phi) is 5.53. The lowest BCUT2D eigenvalue weighted by Gasteiger charge is -2.30. The highest BCUT2D eigenvalue weighted by atomic mass is 16.5. The zero-order valence-corrected chi connectivity index (χ0v) is 12.4. The minimum Gasteiger partial charge on any atom is -0.494 e. The lowest BCUT2D eigenvalue weighted by molar-refractivity contribution is 0.116. The van der Waals surface area contributed by atoms with Crippen LogP contribution in [0.3, 0.4) is 0 Å². The van der Waals surface area contributed by atoms with Crippen LogP contribution in [0.4, 0.5) is 5.69 Å². The normalized spacial score (nSPS) is 22.4. The quantitative estimate of drug-likeness (QED) is 0.839. The van der Waals surface area contributed by atoms with Crippen molar-refractivity contribution in [1.82, 2.24) is 0 Å². The fourth-order valence-electron chi connectivity index (χ4n) is 2.64. The van der Waals surface area contributed by atoms with E-state index >= 15 is 0 Å². The molecule has 0 heterocycles. The molecule has 1 aliphatic rings. The van der Waals surface area contributed by atoms with E-state index in [1.807, 2.05) is 32.0 Å². The van der Waals surface area contributed by atoms with E-state index in [2.05, 4.69) is 5.32 Å². The second-order valence-electron chi connectivity index (χ2n) is 5.13. The third kappa shape index (κ3) is 3.79. The van der Waals surface area contributed by atoms with E-state index in [0.29, 0.717) is 13.2 Å². The van der Waals surface area contributed by atoms with Crippen LogP contribution in [0.25, 0.3) is 0 Å². The maximum absolute atomic E-state index is 10.1. The standard InChI is InChI=1S/C16H25NO3/c1-3-19-12-9-10-16(20-4-2)14(11-12)17-13-7-5-6-8-15(13)18/h9-11,13,15,17-18H,3-8H2,1-2H3/t13-,15-/m1/s1. The summed E-state index contributed by atoms with van der Waals surface area (Å²) in [5, 5.41) is 13.5. The number of nitrogens with one attached hydrogen (secondary N) is 1. The predicted molar refractivity (Wildman–Crippen MR) is 80.7 cm³/mol. The number of aliphatic hydroxyl groups is 1. The number of rotatable bonds is 6. The minimum atomic E-state index is -0.283. The van der Waals surface area contributed by atoms with Gasteiger partial charge >= 0.3 is 0 Å². The molecule has 0 bridgehead atoms. The maximum Gasteiger partial charge on any atom is 0.142 e. The average molecular weight is 279 g/mol. The molecule has 0 amide bonds. The van der Waals surface area contributed by atoms with E-state index in [1.54, 1.807) is 0 Å². The summed E-state index contributed by atoms with van der Waals surface area (Å²) in [5.41, 5.74) is 0.906. The van der Waals surface area contributed by atoms with E-state index in [1.165, 1.54) is 0 Å². The molecule has 2 N–H and O–H groups in total. The first-order valence-electron chi connectivity index (χ1n) is 7.58.